The number of fused-ring (bicyclic) bond motifs is 1. The molecule has 2 amide bonds. The molecule has 12 nitrogen and oxygen atoms in total. The normalized spacial score (nSPS) is 15.1. The van der Waals surface area contributed by atoms with E-state index in [2.05, 4.69) is 31.3 Å². The fourth-order valence-corrected chi connectivity index (χ4v) is 5.61. The molecule has 224 valence electrons. The Labute approximate surface area is 245 Å². The number of amides is 2. The Morgan fingerprint density at radius 1 is 1.12 bits per heavy atom. The van der Waals surface area contributed by atoms with E-state index in [0.717, 1.165) is 48.8 Å². The average molecular weight is 578 g/mol. The first kappa shape index (κ1) is 29.5. The van der Waals surface area contributed by atoms with Gasteiger partial charge in [0.1, 0.15) is 11.4 Å². The summed E-state index contributed by atoms with van der Waals surface area (Å²) in [5.41, 5.74) is 3.26. The van der Waals surface area contributed by atoms with E-state index in [1.54, 1.807) is 6.07 Å². The Hall–Kier alpha value is -4.03. The van der Waals surface area contributed by atoms with Gasteiger partial charge in [-0.05, 0) is 60.7 Å². The van der Waals surface area contributed by atoms with E-state index in [0.29, 0.717) is 63.0 Å². The van der Waals surface area contributed by atoms with E-state index in [4.69, 9.17) is 9.47 Å². The minimum Gasteiger partial charge on any atom is -0.506 e. The molecule has 0 saturated heterocycles. The molecule has 0 unspecified atom stereocenters. The smallest absolute Gasteiger partial charge is 0.262 e. The minimum absolute atomic E-state index is 0.00456. The number of aromatic amines is 1. The van der Waals surface area contributed by atoms with Crippen LogP contribution in [0, 0.1) is 0 Å². The third-order valence-corrected chi connectivity index (χ3v) is 7.79. The summed E-state index contributed by atoms with van der Waals surface area (Å²) < 4.78 is 11.4. The van der Waals surface area contributed by atoms with E-state index in [1.165, 1.54) is 6.42 Å². The van der Waals surface area contributed by atoms with Crippen LogP contribution in [0.5, 0.6) is 11.5 Å². The van der Waals surface area contributed by atoms with Gasteiger partial charge in [-0.25, -0.2) is 0 Å². The number of aromatic hydroxyl groups is 1. The highest BCUT2D eigenvalue weighted by atomic mass is 16.5. The van der Waals surface area contributed by atoms with Crippen molar-refractivity contribution in [3.63, 3.8) is 0 Å². The van der Waals surface area contributed by atoms with Gasteiger partial charge in [0.25, 0.3) is 5.91 Å². The van der Waals surface area contributed by atoms with Crippen LogP contribution >= 0.6 is 0 Å². The van der Waals surface area contributed by atoms with Crippen LogP contribution in [0.1, 0.15) is 49.7 Å². The van der Waals surface area contributed by atoms with Crippen molar-refractivity contribution in [1.29, 1.82) is 0 Å². The highest BCUT2D eigenvalue weighted by molar-refractivity contribution is 5.97. The third kappa shape index (κ3) is 7.83. The summed E-state index contributed by atoms with van der Waals surface area (Å²) in [4.78, 5) is 27.0. The molecule has 0 spiro atoms. The number of aromatic nitrogens is 4. The number of benzene rings is 2. The molecule has 2 aliphatic rings. The van der Waals surface area contributed by atoms with Crippen molar-refractivity contribution in [3.8, 4) is 22.9 Å². The molecule has 2 heterocycles. The second kappa shape index (κ2) is 14.7. The molecule has 5 rings (SSSR count). The summed E-state index contributed by atoms with van der Waals surface area (Å²) in [6.45, 7) is 2.86. The number of nitrogens with one attached hydrogen (secondary N) is 3. The zero-order valence-electron chi connectivity index (χ0n) is 23.8. The topological polar surface area (TPSA) is 155 Å². The first-order valence-electron chi connectivity index (χ1n) is 14.8. The lowest BCUT2D eigenvalue weighted by molar-refractivity contribution is -0.135. The number of H-pyrrole nitrogens is 1. The molecule has 0 radical (unpaired) electrons. The number of carbonyl (C=O) groups is 2. The van der Waals surface area contributed by atoms with Crippen LogP contribution in [0.4, 0.5) is 5.69 Å². The zero-order valence-corrected chi connectivity index (χ0v) is 23.8. The fourth-order valence-electron chi connectivity index (χ4n) is 5.61. The number of rotatable bonds is 14. The summed E-state index contributed by atoms with van der Waals surface area (Å²) in [5, 5.41) is 30.3. The number of tetrazole rings is 1. The van der Waals surface area contributed by atoms with Gasteiger partial charge in [-0.2, -0.15) is 5.21 Å². The van der Waals surface area contributed by atoms with Gasteiger partial charge in [0.05, 0.1) is 19.6 Å². The average Bonchev–Trinajstić information content (AvgIpc) is 3.56. The van der Waals surface area contributed by atoms with Crippen LogP contribution in [-0.2, 0) is 27.2 Å². The minimum atomic E-state index is -0.280. The molecule has 1 aliphatic heterocycles. The molecule has 2 aromatic carbocycles. The lowest BCUT2D eigenvalue weighted by Crippen LogP contribution is -2.45. The van der Waals surface area contributed by atoms with Gasteiger partial charge in [-0.1, -0.05) is 43.5 Å². The van der Waals surface area contributed by atoms with Crippen molar-refractivity contribution in [1.82, 2.24) is 30.8 Å². The molecule has 1 aromatic heterocycles. The molecule has 42 heavy (non-hydrogen) atoms. The quantitative estimate of drug-likeness (QED) is 0.167. The number of anilines is 1. The van der Waals surface area contributed by atoms with Crippen LogP contribution in [-0.4, -0.2) is 87.9 Å². The van der Waals surface area contributed by atoms with Gasteiger partial charge in [-0.3, -0.25) is 9.59 Å². The van der Waals surface area contributed by atoms with Gasteiger partial charge in [0, 0.05) is 24.7 Å². The second-order valence-electron chi connectivity index (χ2n) is 10.7. The van der Waals surface area contributed by atoms with Gasteiger partial charge in [0.15, 0.2) is 12.4 Å². The largest absolute Gasteiger partial charge is 0.506 e. The van der Waals surface area contributed by atoms with Gasteiger partial charge < -0.3 is 30.1 Å². The lowest BCUT2D eigenvalue weighted by Gasteiger charge is -2.34. The number of hydrogen-bond acceptors (Lipinski definition) is 9. The van der Waals surface area contributed by atoms with E-state index in [9.17, 15) is 14.7 Å². The fraction of sp³-hybridized carbons (Fsp3) is 0.500. The number of ether oxygens (including phenoxy) is 2. The van der Waals surface area contributed by atoms with Crippen LogP contribution in [0.25, 0.3) is 11.4 Å². The highest BCUT2D eigenvalue weighted by Crippen LogP contribution is 2.39. The third-order valence-electron chi connectivity index (χ3n) is 7.79. The van der Waals surface area contributed by atoms with Crippen molar-refractivity contribution in [2.45, 2.75) is 57.4 Å². The number of nitrogens with zero attached hydrogens (tertiary/aromatic N) is 4. The van der Waals surface area contributed by atoms with E-state index < -0.39 is 0 Å². The van der Waals surface area contributed by atoms with E-state index in [1.807, 2.05) is 35.2 Å². The molecule has 1 saturated carbocycles. The van der Waals surface area contributed by atoms with Gasteiger partial charge in [-0.15, -0.1) is 10.2 Å². The maximum absolute atomic E-state index is 13.3. The Morgan fingerprint density at radius 3 is 2.83 bits per heavy atom. The van der Waals surface area contributed by atoms with Crippen molar-refractivity contribution >= 4 is 17.5 Å². The molecule has 0 bridgehead atoms. The molecule has 3 aromatic rings. The van der Waals surface area contributed by atoms with Crippen molar-refractivity contribution in [2.24, 2.45) is 0 Å². The Balaban J connectivity index is 1.05. The maximum atomic E-state index is 13.3. The van der Waals surface area contributed by atoms with E-state index >= 15 is 0 Å². The Kier molecular flexibility index (Phi) is 10.3. The van der Waals surface area contributed by atoms with Crippen LogP contribution in [0.3, 0.4) is 0 Å². The number of carbonyl (C=O) groups excluding carboxylic acids is 2. The Bertz CT molecular complexity index is 1330. The first-order chi connectivity index (χ1) is 20.6. The molecular weight excluding hydrogens is 538 g/mol. The summed E-state index contributed by atoms with van der Waals surface area (Å²) in [5.74, 6) is 0.936. The summed E-state index contributed by atoms with van der Waals surface area (Å²) in [6.07, 6.45) is 7.40. The van der Waals surface area contributed by atoms with Gasteiger partial charge >= 0.3 is 0 Å². The lowest BCUT2D eigenvalue weighted by atomic mass is 9.94. The van der Waals surface area contributed by atoms with Crippen molar-refractivity contribution < 1.29 is 24.2 Å². The van der Waals surface area contributed by atoms with Crippen LogP contribution in [0.15, 0.2) is 36.4 Å². The van der Waals surface area contributed by atoms with Crippen LogP contribution < -0.4 is 15.4 Å². The predicted molar refractivity (Wildman–Crippen MR) is 156 cm³/mol. The second-order valence-corrected chi connectivity index (χ2v) is 10.7. The summed E-state index contributed by atoms with van der Waals surface area (Å²) in [6, 6.07) is 11.6. The first-order valence-corrected chi connectivity index (χ1v) is 14.8. The van der Waals surface area contributed by atoms with E-state index in [-0.39, 0.29) is 30.2 Å². The number of phenols is 1. The SMILES string of the molecule is O=C1COc2c(CCNCCN(C(=O)CCOCCc3cccc(-c4nn[nH]n4)c3)C3CCCCC3)ccc(O)c2N1. The summed E-state index contributed by atoms with van der Waals surface area (Å²) >= 11 is 0. The molecule has 12 heteroatoms. The highest BCUT2D eigenvalue weighted by Gasteiger charge is 2.25. The monoisotopic (exact) mass is 577 g/mol. The predicted octanol–water partition coefficient (Wildman–Crippen LogP) is 2.85. The number of phenolic OH excluding ortho intramolecular Hbond substituents is 1. The van der Waals surface area contributed by atoms with Crippen LogP contribution in [0.2, 0.25) is 0 Å². The standard InChI is InChI=1S/C30H39N7O5/c38-25-10-9-22(29-28(25)32-26(39)20-42-29)11-14-31-15-16-37(24-7-2-1-3-8-24)27(40)13-18-41-17-12-21-5-4-6-23(19-21)30-33-35-36-34-30/h4-6,9-10,19,24,31,38H,1-3,7-8,11-18,20H2,(H,32,39)(H,33,34,35,36). The maximum Gasteiger partial charge on any atom is 0.262 e. The molecular formula is C30H39N7O5. The molecule has 1 fully saturated rings. The Morgan fingerprint density at radius 2 is 2.00 bits per heavy atom. The number of hydrogen-bond donors (Lipinski definition) is 4. The van der Waals surface area contributed by atoms with Crippen molar-refractivity contribution in [2.75, 3.05) is 44.8 Å². The molecule has 0 atom stereocenters. The summed E-state index contributed by atoms with van der Waals surface area (Å²) in [7, 11) is 0. The molecule has 1 aliphatic carbocycles. The van der Waals surface area contributed by atoms with Crippen molar-refractivity contribution in [3.05, 3.63) is 47.5 Å². The molecule has 4 N–H and O–H groups in total. The van der Waals surface area contributed by atoms with Gasteiger partial charge in [0.2, 0.25) is 11.7 Å². The zero-order chi connectivity index (χ0) is 29.1.